The fraction of sp³-hybridized carbons (Fsp3) is 0.364. The smallest absolute Gasteiger partial charge is 0.305 e. The standard InChI is InChI=1S/C11H14FNO3/c1-6-3-7(12)11(9(4-6)16-2)8(13)5-10(14)15/h3-4,8H,5,13H2,1-2H3,(H,14,15). The van der Waals surface area contributed by atoms with Crippen molar-refractivity contribution in [3.8, 4) is 5.75 Å². The summed E-state index contributed by atoms with van der Waals surface area (Å²) in [7, 11) is 1.39. The highest BCUT2D eigenvalue weighted by molar-refractivity contribution is 5.68. The summed E-state index contributed by atoms with van der Waals surface area (Å²) in [6.45, 7) is 1.72. The van der Waals surface area contributed by atoms with E-state index in [1.54, 1.807) is 13.0 Å². The lowest BCUT2D eigenvalue weighted by atomic mass is 10.0. The van der Waals surface area contributed by atoms with Gasteiger partial charge < -0.3 is 15.6 Å². The Bertz CT molecular complexity index is 406. The fourth-order valence-corrected chi connectivity index (χ4v) is 1.54. The van der Waals surface area contributed by atoms with E-state index in [1.807, 2.05) is 0 Å². The molecule has 0 aliphatic rings. The second-order valence-corrected chi connectivity index (χ2v) is 3.57. The van der Waals surface area contributed by atoms with Gasteiger partial charge in [0.25, 0.3) is 0 Å². The summed E-state index contributed by atoms with van der Waals surface area (Å²) >= 11 is 0. The van der Waals surface area contributed by atoms with Crippen LogP contribution in [0.1, 0.15) is 23.6 Å². The van der Waals surface area contributed by atoms with E-state index in [2.05, 4.69) is 0 Å². The molecule has 0 saturated carbocycles. The van der Waals surface area contributed by atoms with Crippen LogP contribution < -0.4 is 10.5 Å². The summed E-state index contributed by atoms with van der Waals surface area (Å²) in [5.41, 5.74) is 6.42. The minimum atomic E-state index is -1.07. The number of nitrogens with two attached hydrogens (primary N) is 1. The lowest BCUT2D eigenvalue weighted by Crippen LogP contribution is -2.17. The fourth-order valence-electron chi connectivity index (χ4n) is 1.54. The summed E-state index contributed by atoms with van der Waals surface area (Å²) in [6.07, 6.45) is -0.337. The number of carboxylic acids is 1. The largest absolute Gasteiger partial charge is 0.496 e. The molecule has 3 N–H and O–H groups in total. The van der Waals surface area contributed by atoms with E-state index >= 15 is 0 Å². The van der Waals surface area contributed by atoms with Crippen LogP contribution in [-0.4, -0.2) is 18.2 Å². The Balaban J connectivity index is 3.15. The lowest BCUT2D eigenvalue weighted by molar-refractivity contribution is -0.137. The van der Waals surface area contributed by atoms with Gasteiger partial charge in [-0.3, -0.25) is 4.79 Å². The molecule has 0 heterocycles. The van der Waals surface area contributed by atoms with Crippen molar-refractivity contribution >= 4 is 5.97 Å². The lowest BCUT2D eigenvalue weighted by Gasteiger charge is -2.15. The molecule has 0 aliphatic heterocycles. The highest BCUT2D eigenvalue weighted by Gasteiger charge is 2.20. The molecule has 1 aromatic carbocycles. The van der Waals surface area contributed by atoms with Crippen molar-refractivity contribution < 1.29 is 19.0 Å². The van der Waals surface area contributed by atoms with Gasteiger partial charge in [0.15, 0.2) is 0 Å². The van der Waals surface area contributed by atoms with Gasteiger partial charge >= 0.3 is 5.97 Å². The van der Waals surface area contributed by atoms with Gasteiger partial charge in [-0.2, -0.15) is 0 Å². The Hall–Kier alpha value is -1.62. The highest BCUT2D eigenvalue weighted by atomic mass is 19.1. The number of methoxy groups -OCH3 is 1. The zero-order valence-corrected chi connectivity index (χ0v) is 9.16. The van der Waals surface area contributed by atoms with Gasteiger partial charge in [-0.25, -0.2) is 4.39 Å². The Labute approximate surface area is 92.8 Å². The van der Waals surface area contributed by atoms with Crippen molar-refractivity contribution in [2.75, 3.05) is 7.11 Å². The molecule has 0 aromatic heterocycles. The third-order valence-corrected chi connectivity index (χ3v) is 2.22. The molecule has 1 atom stereocenters. The van der Waals surface area contributed by atoms with Gasteiger partial charge in [0.2, 0.25) is 0 Å². The molecule has 0 fully saturated rings. The number of hydrogen-bond donors (Lipinski definition) is 2. The van der Waals surface area contributed by atoms with E-state index in [0.717, 1.165) is 0 Å². The summed E-state index contributed by atoms with van der Waals surface area (Å²) in [5.74, 6) is -1.33. The molecule has 0 spiro atoms. The summed E-state index contributed by atoms with van der Waals surface area (Å²) < 4.78 is 18.6. The van der Waals surface area contributed by atoms with Gasteiger partial charge in [-0.1, -0.05) is 0 Å². The van der Waals surface area contributed by atoms with Crippen molar-refractivity contribution in [3.05, 3.63) is 29.1 Å². The SMILES string of the molecule is COc1cc(C)cc(F)c1C(N)CC(=O)O. The van der Waals surface area contributed by atoms with Crippen LogP contribution in [0.5, 0.6) is 5.75 Å². The van der Waals surface area contributed by atoms with Crippen LogP contribution in [0.2, 0.25) is 0 Å². The molecule has 4 nitrogen and oxygen atoms in total. The van der Waals surface area contributed by atoms with Gasteiger partial charge in [0, 0.05) is 11.6 Å². The number of rotatable bonds is 4. The van der Waals surface area contributed by atoms with E-state index in [0.29, 0.717) is 5.56 Å². The van der Waals surface area contributed by atoms with Crippen LogP contribution in [0.3, 0.4) is 0 Å². The zero-order chi connectivity index (χ0) is 12.3. The van der Waals surface area contributed by atoms with Gasteiger partial charge in [-0.05, 0) is 24.6 Å². The van der Waals surface area contributed by atoms with Crippen LogP contribution >= 0.6 is 0 Å². The first-order valence-corrected chi connectivity index (χ1v) is 4.77. The van der Waals surface area contributed by atoms with Crippen molar-refractivity contribution in [2.45, 2.75) is 19.4 Å². The Morgan fingerprint density at radius 3 is 2.75 bits per heavy atom. The zero-order valence-electron chi connectivity index (χ0n) is 9.16. The van der Waals surface area contributed by atoms with Crippen LogP contribution in [0, 0.1) is 12.7 Å². The number of carboxylic acid groups (broad SMARTS) is 1. The van der Waals surface area contributed by atoms with Gasteiger partial charge in [0.1, 0.15) is 11.6 Å². The maximum atomic E-state index is 13.6. The maximum Gasteiger partial charge on any atom is 0.305 e. The molecular formula is C11H14FNO3. The average Bonchev–Trinajstić information content (AvgIpc) is 2.14. The van der Waals surface area contributed by atoms with Crippen molar-refractivity contribution in [3.63, 3.8) is 0 Å². The minimum Gasteiger partial charge on any atom is -0.496 e. The van der Waals surface area contributed by atoms with E-state index < -0.39 is 17.8 Å². The first-order valence-electron chi connectivity index (χ1n) is 4.77. The third-order valence-electron chi connectivity index (χ3n) is 2.22. The molecule has 0 radical (unpaired) electrons. The molecule has 16 heavy (non-hydrogen) atoms. The molecule has 0 amide bonds. The van der Waals surface area contributed by atoms with Crippen LogP contribution in [0.15, 0.2) is 12.1 Å². The predicted molar refractivity (Wildman–Crippen MR) is 56.9 cm³/mol. The topological polar surface area (TPSA) is 72.5 Å². The van der Waals surface area contributed by atoms with Crippen LogP contribution in [0.25, 0.3) is 0 Å². The number of benzene rings is 1. The molecule has 0 aliphatic carbocycles. The van der Waals surface area contributed by atoms with Crippen molar-refractivity contribution in [1.29, 1.82) is 0 Å². The van der Waals surface area contributed by atoms with Crippen molar-refractivity contribution in [2.24, 2.45) is 5.73 Å². The number of aliphatic carboxylic acids is 1. The summed E-state index contributed by atoms with van der Waals surface area (Å²) in [6, 6.07) is 2.02. The Morgan fingerprint density at radius 2 is 2.25 bits per heavy atom. The average molecular weight is 227 g/mol. The van der Waals surface area contributed by atoms with Crippen LogP contribution in [-0.2, 0) is 4.79 Å². The number of ether oxygens (including phenoxy) is 1. The number of carbonyl (C=O) groups is 1. The van der Waals surface area contributed by atoms with E-state index in [-0.39, 0.29) is 17.7 Å². The highest BCUT2D eigenvalue weighted by Crippen LogP contribution is 2.29. The maximum absolute atomic E-state index is 13.6. The molecule has 1 unspecified atom stereocenters. The Kier molecular flexibility index (Phi) is 3.84. The molecular weight excluding hydrogens is 213 g/mol. The second-order valence-electron chi connectivity index (χ2n) is 3.57. The first kappa shape index (κ1) is 12.4. The quantitative estimate of drug-likeness (QED) is 0.819. The van der Waals surface area contributed by atoms with Gasteiger partial charge in [0.05, 0.1) is 13.5 Å². The molecule has 88 valence electrons. The first-order chi connectivity index (χ1) is 7.45. The monoisotopic (exact) mass is 227 g/mol. The summed E-state index contributed by atoms with van der Waals surface area (Å²) in [4.78, 5) is 10.5. The van der Waals surface area contributed by atoms with Gasteiger partial charge in [-0.15, -0.1) is 0 Å². The summed E-state index contributed by atoms with van der Waals surface area (Å²) in [5, 5.41) is 8.61. The second kappa shape index (κ2) is 4.94. The van der Waals surface area contributed by atoms with Crippen LogP contribution in [0.4, 0.5) is 4.39 Å². The number of hydrogen-bond acceptors (Lipinski definition) is 3. The third kappa shape index (κ3) is 2.70. The molecule has 0 bridgehead atoms. The van der Waals surface area contributed by atoms with E-state index in [1.165, 1.54) is 13.2 Å². The predicted octanol–water partition coefficient (Wildman–Crippen LogP) is 1.62. The molecule has 0 saturated heterocycles. The van der Waals surface area contributed by atoms with Crippen molar-refractivity contribution in [1.82, 2.24) is 0 Å². The molecule has 1 rings (SSSR count). The number of halogens is 1. The van der Waals surface area contributed by atoms with E-state index in [4.69, 9.17) is 15.6 Å². The minimum absolute atomic E-state index is 0.107. The molecule has 5 heteroatoms. The molecule has 1 aromatic rings. The number of aryl methyl sites for hydroxylation is 1. The Morgan fingerprint density at radius 1 is 1.62 bits per heavy atom. The van der Waals surface area contributed by atoms with E-state index in [9.17, 15) is 9.18 Å². The normalized spacial score (nSPS) is 12.2.